The average molecular weight is 270 g/mol. The van der Waals surface area contributed by atoms with Crippen molar-refractivity contribution in [1.82, 2.24) is 10.2 Å². The van der Waals surface area contributed by atoms with E-state index in [4.69, 9.17) is 4.74 Å². The second kappa shape index (κ2) is 4.67. The van der Waals surface area contributed by atoms with Crippen molar-refractivity contribution in [3.8, 4) is 0 Å². The van der Waals surface area contributed by atoms with Crippen LogP contribution in [0.4, 0.5) is 4.79 Å². The molecule has 1 amide bonds. The summed E-state index contributed by atoms with van der Waals surface area (Å²) in [6.07, 6.45) is 0.137. The zero-order valence-electron chi connectivity index (χ0n) is 11.7. The van der Waals surface area contributed by atoms with Crippen molar-refractivity contribution < 1.29 is 19.4 Å². The number of nitrogens with one attached hydrogen (secondary N) is 1. The smallest absolute Gasteiger partial charge is 0.410 e. The lowest BCUT2D eigenvalue weighted by molar-refractivity contribution is -0.153. The summed E-state index contributed by atoms with van der Waals surface area (Å²) in [6.45, 7) is 7.52. The summed E-state index contributed by atoms with van der Waals surface area (Å²) in [5.74, 6) is -0.794. The Kier molecular flexibility index (Phi) is 3.47. The van der Waals surface area contributed by atoms with Crippen molar-refractivity contribution in [3.63, 3.8) is 0 Å². The molecular formula is C13H22N2O4. The number of nitrogens with zero attached hydrogens (tertiary/aromatic N) is 1. The molecule has 2 fully saturated rings. The highest BCUT2D eigenvalue weighted by Crippen LogP contribution is 2.39. The molecule has 2 atom stereocenters. The normalized spacial score (nSPS) is 30.9. The van der Waals surface area contributed by atoms with Gasteiger partial charge in [0, 0.05) is 32.1 Å². The lowest BCUT2D eigenvalue weighted by Gasteiger charge is -2.40. The zero-order valence-corrected chi connectivity index (χ0v) is 11.7. The molecule has 0 saturated carbocycles. The second-order valence-corrected chi connectivity index (χ2v) is 6.47. The molecule has 0 aromatic carbocycles. The van der Waals surface area contributed by atoms with Crippen molar-refractivity contribution in [2.75, 3.05) is 26.2 Å². The number of aliphatic carboxylic acids is 1. The van der Waals surface area contributed by atoms with E-state index in [1.807, 2.05) is 20.8 Å². The van der Waals surface area contributed by atoms with Gasteiger partial charge in [-0.15, -0.1) is 0 Å². The van der Waals surface area contributed by atoms with Crippen LogP contribution in [0, 0.1) is 11.3 Å². The Morgan fingerprint density at radius 3 is 2.68 bits per heavy atom. The first-order chi connectivity index (χ1) is 8.74. The molecule has 0 aromatic rings. The fourth-order valence-corrected chi connectivity index (χ4v) is 2.88. The van der Waals surface area contributed by atoms with E-state index in [1.165, 1.54) is 0 Å². The lowest BCUT2D eigenvalue weighted by Crippen LogP contribution is -2.53. The Hall–Kier alpha value is -1.30. The van der Waals surface area contributed by atoms with Crippen LogP contribution in [0.3, 0.4) is 0 Å². The van der Waals surface area contributed by atoms with Crippen LogP contribution in [0.2, 0.25) is 0 Å². The number of ether oxygens (including phenoxy) is 1. The van der Waals surface area contributed by atoms with Crippen LogP contribution in [-0.2, 0) is 9.53 Å². The molecule has 0 unspecified atom stereocenters. The molecule has 0 radical (unpaired) electrons. The van der Waals surface area contributed by atoms with E-state index in [9.17, 15) is 14.7 Å². The summed E-state index contributed by atoms with van der Waals surface area (Å²) in [7, 11) is 0. The summed E-state index contributed by atoms with van der Waals surface area (Å²) in [6, 6.07) is 0. The summed E-state index contributed by atoms with van der Waals surface area (Å²) in [5, 5.41) is 12.6. The van der Waals surface area contributed by atoms with E-state index in [1.54, 1.807) is 4.90 Å². The number of carboxylic acids is 1. The number of rotatable bonds is 1. The van der Waals surface area contributed by atoms with Gasteiger partial charge in [0.2, 0.25) is 0 Å². The largest absolute Gasteiger partial charge is 0.481 e. The SMILES string of the molecule is CC(C)(C)OC(=O)N1CC[C@]2(C(=O)O)CNC[C@@H]2C1. The number of hydrogen-bond acceptors (Lipinski definition) is 4. The third-order valence-corrected chi connectivity index (χ3v) is 3.96. The van der Waals surface area contributed by atoms with Gasteiger partial charge < -0.3 is 20.1 Å². The van der Waals surface area contributed by atoms with E-state index >= 15 is 0 Å². The predicted octanol–water partition coefficient (Wildman–Crippen LogP) is 0.918. The third-order valence-electron chi connectivity index (χ3n) is 3.96. The number of fused-ring (bicyclic) bond motifs is 1. The molecule has 2 rings (SSSR count). The van der Waals surface area contributed by atoms with Gasteiger partial charge in [0.15, 0.2) is 0 Å². The number of likely N-dealkylation sites (tertiary alicyclic amines) is 1. The Balaban J connectivity index is 2.04. The molecule has 0 aliphatic carbocycles. The highest BCUT2D eigenvalue weighted by Gasteiger charge is 2.52. The van der Waals surface area contributed by atoms with Gasteiger partial charge in [0.25, 0.3) is 0 Å². The van der Waals surface area contributed by atoms with Crippen LogP contribution in [0.15, 0.2) is 0 Å². The van der Waals surface area contributed by atoms with Gasteiger partial charge in [-0.2, -0.15) is 0 Å². The predicted molar refractivity (Wildman–Crippen MR) is 68.9 cm³/mol. The van der Waals surface area contributed by atoms with E-state index < -0.39 is 17.0 Å². The molecular weight excluding hydrogens is 248 g/mol. The van der Waals surface area contributed by atoms with E-state index in [-0.39, 0.29) is 12.0 Å². The Labute approximate surface area is 113 Å². The third kappa shape index (κ3) is 2.68. The standard InChI is InChI=1S/C13H22N2O4/c1-12(2,3)19-11(18)15-5-4-13(10(16)17)8-14-6-9(13)7-15/h9,14H,4-8H2,1-3H3,(H,16,17)/t9-,13+/m1/s1. The highest BCUT2D eigenvalue weighted by molar-refractivity contribution is 5.77. The number of amides is 1. The molecule has 2 aliphatic rings. The summed E-state index contributed by atoms with van der Waals surface area (Å²) >= 11 is 0. The van der Waals surface area contributed by atoms with Crippen LogP contribution < -0.4 is 5.32 Å². The van der Waals surface area contributed by atoms with Gasteiger partial charge in [-0.3, -0.25) is 4.79 Å². The van der Waals surface area contributed by atoms with E-state index in [2.05, 4.69) is 5.32 Å². The minimum Gasteiger partial charge on any atom is -0.481 e. The van der Waals surface area contributed by atoms with Crippen LogP contribution in [0.25, 0.3) is 0 Å². The van der Waals surface area contributed by atoms with Gasteiger partial charge in [0.1, 0.15) is 5.60 Å². The molecule has 6 heteroatoms. The number of carbonyl (C=O) groups is 2. The molecule has 19 heavy (non-hydrogen) atoms. The molecule has 108 valence electrons. The van der Waals surface area contributed by atoms with E-state index in [0.29, 0.717) is 32.6 Å². The monoisotopic (exact) mass is 270 g/mol. The molecule has 2 aliphatic heterocycles. The fraction of sp³-hybridized carbons (Fsp3) is 0.846. The van der Waals surface area contributed by atoms with Gasteiger partial charge in [-0.1, -0.05) is 0 Å². The molecule has 0 aromatic heterocycles. The lowest BCUT2D eigenvalue weighted by atomic mass is 9.72. The molecule has 0 bridgehead atoms. The molecule has 2 N–H and O–H groups in total. The van der Waals surface area contributed by atoms with Crippen molar-refractivity contribution in [3.05, 3.63) is 0 Å². The van der Waals surface area contributed by atoms with Gasteiger partial charge in [-0.05, 0) is 27.2 Å². The minimum absolute atomic E-state index is 0.0359. The van der Waals surface area contributed by atoms with Crippen molar-refractivity contribution in [2.45, 2.75) is 32.8 Å². The molecule has 2 saturated heterocycles. The minimum atomic E-state index is -0.758. The van der Waals surface area contributed by atoms with Gasteiger partial charge >= 0.3 is 12.1 Å². The Morgan fingerprint density at radius 1 is 1.42 bits per heavy atom. The number of carboxylic acid groups (broad SMARTS) is 1. The number of carbonyl (C=O) groups excluding carboxylic acids is 1. The van der Waals surface area contributed by atoms with Crippen molar-refractivity contribution in [1.29, 1.82) is 0 Å². The summed E-state index contributed by atoms with van der Waals surface area (Å²) in [5.41, 5.74) is -1.23. The Bertz CT molecular complexity index is 391. The van der Waals surface area contributed by atoms with Crippen LogP contribution >= 0.6 is 0 Å². The van der Waals surface area contributed by atoms with Crippen LogP contribution in [-0.4, -0.2) is 53.8 Å². The van der Waals surface area contributed by atoms with Gasteiger partial charge in [0.05, 0.1) is 5.41 Å². The maximum Gasteiger partial charge on any atom is 0.410 e. The van der Waals surface area contributed by atoms with Crippen LogP contribution in [0.1, 0.15) is 27.2 Å². The first-order valence-electron chi connectivity index (χ1n) is 6.67. The summed E-state index contributed by atoms with van der Waals surface area (Å²) in [4.78, 5) is 25.1. The fourth-order valence-electron chi connectivity index (χ4n) is 2.88. The molecule has 6 nitrogen and oxygen atoms in total. The van der Waals surface area contributed by atoms with Crippen molar-refractivity contribution >= 4 is 12.1 Å². The number of piperidine rings is 1. The first-order valence-corrected chi connectivity index (χ1v) is 6.67. The molecule has 2 heterocycles. The first kappa shape index (κ1) is 14.1. The molecule has 0 spiro atoms. The average Bonchev–Trinajstić information content (AvgIpc) is 2.70. The van der Waals surface area contributed by atoms with Crippen molar-refractivity contribution in [2.24, 2.45) is 11.3 Å². The maximum atomic E-state index is 12.0. The number of hydrogen-bond donors (Lipinski definition) is 2. The Morgan fingerprint density at radius 2 is 2.11 bits per heavy atom. The summed E-state index contributed by atoms with van der Waals surface area (Å²) < 4.78 is 5.34. The van der Waals surface area contributed by atoms with E-state index in [0.717, 1.165) is 0 Å². The highest BCUT2D eigenvalue weighted by atomic mass is 16.6. The maximum absolute atomic E-state index is 12.0. The zero-order chi connectivity index (χ0) is 14.3. The second-order valence-electron chi connectivity index (χ2n) is 6.47. The topological polar surface area (TPSA) is 78.9 Å². The van der Waals surface area contributed by atoms with Crippen LogP contribution in [0.5, 0.6) is 0 Å². The van der Waals surface area contributed by atoms with Gasteiger partial charge in [-0.25, -0.2) is 4.79 Å². The quantitative estimate of drug-likeness (QED) is 0.740.